The summed E-state index contributed by atoms with van der Waals surface area (Å²) in [5.41, 5.74) is 0. The molecule has 7 nitrogen and oxygen atoms in total. The summed E-state index contributed by atoms with van der Waals surface area (Å²) in [7, 11) is 1.76. The third kappa shape index (κ3) is 3.61. The van der Waals surface area contributed by atoms with Crippen LogP contribution in [0.3, 0.4) is 0 Å². The third-order valence-corrected chi connectivity index (χ3v) is 4.09. The van der Waals surface area contributed by atoms with Crippen LogP contribution in [0.25, 0.3) is 0 Å². The summed E-state index contributed by atoms with van der Waals surface area (Å²) in [5.74, 6) is -1.30. The standard InChI is InChI=1S/C14H22N2O5/c1-3-4-16-8-10(6-11(16)13(18)19)21-14(20)12-5-9(17)7-15(12)2/h3,9-12,17H,1,4-8H2,2H3,(H,18,19)/t9?,10?,11-,12-/m0/s1. The molecule has 21 heavy (non-hydrogen) atoms. The Bertz CT molecular complexity index is 428. The molecule has 0 bridgehead atoms. The number of nitrogens with zero attached hydrogens (tertiary/aromatic N) is 2. The molecule has 0 aromatic heterocycles. The summed E-state index contributed by atoms with van der Waals surface area (Å²) < 4.78 is 5.44. The van der Waals surface area contributed by atoms with E-state index in [9.17, 15) is 19.8 Å². The van der Waals surface area contributed by atoms with Crippen molar-refractivity contribution in [3.8, 4) is 0 Å². The third-order valence-electron chi connectivity index (χ3n) is 4.09. The van der Waals surface area contributed by atoms with Crippen LogP contribution in [0.2, 0.25) is 0 Å². The van der Waals surface area contributed by atoms with Gasteiger partial charge in [-0.15, -0.1) is 6.58 Å². The fraction of sp³-hybridized carbons (Fsp3) is 0.714. The highest BCUT2D eigenvalue weighted by Gasteiger charge is 2.41. The first kappa shape index (κ1) is 15.9. The van der Waals surface area contributed by atoms with Crippen LogP contribution in [0, 0.1) is 0 Å². The lowest BCUT2D eigenvalue weighted by atomic mass is 10.2. The van der Waals surface area contributed by atoms with Gasteiger partial charge >= 0.3 is 11.9 Å². The highest BCUT2D eigenvalue weighted by molar-refractivity contribution is 5.77. The van der Waals surface area contributed by atoms with Crippen molar-refractivity contribution in [2.24, 2.45) is 0 Å². The van der Waals surface area contributed by atoms with Crippen LogP contribution in [-0.2, 0) is 14.3 Å². The van der Waals surface area contributed by atoms with Crippen LogP contribution in [0.5, 0.6) is 0 Å². The predicted octanol–water partition coefficient (Wildman–Crippen LogP) is -0.692. The monoisotopic (exact) mass is 298 g/mol. The summed E-state index contributed by atoms with van der Waals surface area (Å²) in [5, 5.41) is 18.8. The highest BCUT2D eigenvalue weighted by atomic mass is 16.5. The van der Waals surface area contributed by atoms with Gasteiger partial charge in [-0.1, -0.05) is 6.08 Å². The van der Waals surface area contributed by atoms with Crippen molar-refractivity contribution in [3.63, 3.8) is 0 Å². The van der Waals surface area contributed by atoms with Crippen LogP contribution in [0.15, 0.2) is 12.7 Å². The van der Waals surface area contributed by atoms with Gasteiger partial charge in [0.25, 0.3) is 0 Å². The van der Waals surface area contributed by atoms with Gasteiger partial charge in [0.15, 0.2) is 0 Å². The number of aliphatic hydroxyl groups excluding tert-OH is 1. The Morgan fingerprint density at radius 2 is 2.05 bits per heavy atom. The number of hydrogen-bond acceptors (Lipinski definition) is 6. The smallest absolute Gasteiger partial charge is 0.323 e. The number of likely N-dealkylation sites (tertiary alicyclic amines) is 2. The number of ether oxygens (including phenoxy) is 1. The number of β-amino-alcohol motifs (C(OH)–C–C–N with tert-alkyl or cyclic N) is 1. The topological polar surface area (TPSA) is 90.3 Å². The lowest BCUT2D eigenvalue weighted by Gasteiger charge is -2.20. The van der Waals surface area contributed by atoms with E-state index in [1.165, 1.54) is 0 Å². The van der Waals surface area contributed by atoms with Crippen molar-refractivity contribution in [1.82, 2.24) is 9.80 Å². The van der Waals surface area contributed by atoms with Crippen LogP contribution in [0.4, 0.5) is 0 Å². The summed E-state index contributed by atoms with van der Waals surface area (Å²) in [4.78, 5) is 26.8. The van der Waals surface area contributed by atoms with Gasteiger partial charge in [-0.3, -0.25) is 19.4 Å². The van der Waals surface area contributed by atoms with E-state index >= 15 is 0 Å². The van der Waals surface area contributed by atoms with Gasteiger partial charge in [0.1, 0.15) is 18.2 Å². The zero-order valence-corrected chi connectivity index (χ0v) is 12.1. The van der Waals surface area contributed by atoms with Crippen molar-refractivity contribution in [3.05, 3.63) is 12.7 Å². The van der Waals surface area contributed by atoms with Crippen molar-refractivity contribution in [2.45, 2.75) is 37.1 Å². The maximum atomic E-state index is 12.1. The average molecular weight is 298 g/mol. The van der Waals surface area contributed by atoms with Gasteiger partial charge in [0.2, 0.25) is 0 Å². The number of aliphatic hydroxyl groups is 1. The number of esters is 1. The Hall–Kier alpha value is -1.44. The summed E-state index contributed by atoms with van der Waals surface area (Å²) in [6.45, 7) is 4.91. The molecule has 0 radical (unpaired) electrons. The first-order valence-corrected chi connectivity index (χ1v) is 7.09. The quantitative estimate of drug-likeness (QED) is 0.513. The molecule has 0 amide bonds. The number of carboxylic acid groups (broad SMARTS) is 1. The maximum Gasteiger partial charge on any atom is 0.323 e. The SMILES string of the molecule is C=CCN1CC(OC(=O)[C@@H]2CC(O)CN2C)C[C@H]1C(=O)O. The lowest BCUT2D eigenvalue weighted by molar-refractivity contribution is -0.153. The number of carboxylic acids is 1. The van der Waals surface area contributed by atoms with Crippen LogP contribution in [-0.4, -0.2) is 82.9 Å². The van der Waals surface area contributed by atoms with E-state index in [2.05, 4.69) is 6.58 Å². The van der Waals surface area contributed by atoms with Crippen LogP contribution >= 0.6 is 0 Å². The molecule has 2 heterocycles. The molecule has 2 saturated heterocycles. The molecule has 118 valence electrons. The minimum Gasteiger partial charge on any atom is -0.480 e. The second-order valence-electron chi connectivity index (χ2n) is 5.74. The van der Waals surface area contributed by atoms with Gasteiger partial charge in [-0.2, -0.15) is 0 Å². The molecule has 0 aliphatic carbocycles. The molecule has 2 N–H and O–H groups in total. The first-order chi connectivity index (χ1) is 9.92. The number of hydrogen-bond donors (Lipinski definition) is 2. The summed E-state index contributed by atoms with van der Waals surface area (Å²) in [6.07, 6.45) is 1.35. The minimum atomic E-state index is -0.913. The second-order valence-corrected chi connectivity index (χ2v) is 5.74. The second kappa shape index (κ2) is 6.55. The normalized spacial score (nSPS) is 34.0. The minimum absolute atomic E-state index is 0.286. The predicted molar refractivity (Wildman–Crippen MR) is 74.7 cm³/mol. The number of carbonyl (C=O) groups excluding carboxylic acids is 1. The molecule has 2 aliphatic rings. The molecule has 2 unspecified atom stereocenters. The van der Waals surface area contributed by atoms with E-state index in [0.717, 1.165) is 0 Å². The number of rotatable bonds is 5. The van der Waals surface area contributed by atoms with Gasteiger partial charge in [0.05, 0.1) is 6.10 Å². The maximum absolute atomic E-state index is 12.1. The zero-order chi connectivity index (χ0) is 15.6. The number of likely N-dealkylation sites (N-methyl/N-ethyl adjacent to an activating group) is 1. The average Bonchev–Trinajstić information content (AvgIpc) is 2.93. The zero-order valence-electron chi connectivity index (χ0n) is 12.1. The molecular formula is C14H22N2O5. The fourth-order valence-corrected chi connectivity index (χ4v) is 3.06. The van der Waals surface area contributed by atoms with E-state index in [4.69, 9.17) is 4.74 Å². The lowest BCUT2D eigenvalue weighted by Crippen LogP contribution is -2.37. The molecule has 0 aromatic carbocycles. The first-order valence-electron chi connectivity index (χ1n) is 7.09. The van der Waals surface area contributed by atoms with E-state index in [0.29, 0.717) is 26.1 Å². The molecule has 0 saturated carbocycles. The van der Waals surface area contributed by atoms with E-state index < -0.39 is 30.3 Å². The Balaban J connectivity index is 1.93. The summed E-state index contributed by atoms with van der Waals surface area (Å²) >= 11 is 0. The molecule has 2 aliphatic heterocycles. The van der Waals surface area contributed by atoms with E-state index in [-0.39, 0.29) is 12.4 Å². The fourth-order valence-electron chi connectivity index (χ4n) is 3.06. The van der Waals surface area contributed by atoms with Gasteiger partial charge < -0.3 is 14.9 Å². The Morgan fingerprint density at radius 3 is 2.57 bits per heavy atom. The molecular weight excluding hydrogens is 276 g/mol. The Kier molecular flexibility index (Phi) is 4.97. The van der Waals surface area contributed by atoms with E-state index in [1.54, 1.807) is 22.9 Å². The van der Waals surface area contributed by atoms with Gasteiger partial charge in [0, 0.05) is 32.5 Å². The molecule has 4 atom stereocenters. The molecule has 0 aromatic rings. The van der Waals surface area contributed by atoms with Crippen LogP contribution in [0.1, 0.15) is 12.8 Å². The van der Waals surface area contributed by atoms with Crippen LogP contribution < -0.4 is 0 Å². The molecule has 0 spiro atoms. The molecule has 2 rings (SSSR count). The number of carbonyl (C=O) groups is 2. The highest BCUT2D eigenvalue weighted by Crippen LogP contribution is 2.23. The largest absolute Gasteiger partial charge is 0.480 e. The van der Waals surface area contributed by atoms with Crippen molar-refractivity contribution in [1.29, 1.82) is 0 Å². The molecule has 2 fully saturated rings. The Morgan fingerprint density at radius 1 is 1.33 bits per heavy atom. The molecule has 7 heteroatoms. The number of aliphatic carboxylic acids is 1. The summed E-state index contributed by atoms with van der Waals surface area (Å²) in [6, 6.07) is -1.09. The van der Waals surface area contributed by atoms with Crippen molar-refractivity contribution < 1.29 is 24.5 Å². The van der Waals surface area contributed by atoms with E-state index in [1.807, 2.05) is 0 Å². The van der Waals surface area contributed by atoms with Crippen molar-refractivity contribution >= 4 is 11.9 Å². The Labute approximate surface area is 123 Å². The van der Waals surface area contributed by atoms with Gasteiger partial charge in [-0.05, 0) is 7.05 Å². The van der Waals surface area contributed by atoms with Gasteiger partial charge in [-0.25, -0.2) is 0 Å². The van der Waals surface area contributed by atoms with Crippen molar-refractivity contribution in [2.75, 3.05) is 26.7 Å².